The zero-order valence-electron chi connectivity index (χ0n) is 19.4. The molecule has 1 fully saturated rings. The van der Waals surface area contributed by atoms with E-state index in [1.807, 2.05) is 0 Å². The average Bonchev–Trinajstić information content (AvgIpc) is 3.33. The molecule has 1 atom stereocenters. The first kappa shape index (κ1) is 23.2. The largest absolute Gasteiger partial charge is 0.449 e. The van der Waals surface area contributed by atoms with Crippen LogP contribution in [0.5, 0.6) is 0 Å². The molecule has 8 nitrogen and oxygen atoms in total. The number of fused-ring (bicyclic) bond motifs is 2. The van der Waals surface area contributed by atoms with E-state index < -0.39 is 18.0 Å². The van der Waals surface area contributed by atoms with Crippen LogP contribution in [0.3, 0.4) is 0 Å². The molecular formula is C28H22N2O6. The Bertz CT molecular complexity index is 1430. The number of hydrogen-bond acceptors (Lipinski definition) is 6. The number of amides is 2. The third-order valence-corrected chi connectivity index (χ3v) is 6.33. The standard InChI is InChI=1S/C28H22N2O6/c1-16(36-28(35)17-8-11-19(12-9-17)30-14-4-7-24(30)31)27(34)29-18-10-13-22-23(15-18)26(33)21-6-3-2-5-20(21)25(22)32/h2-3,5-6,8-13,15-16H,4,7,14H2,1H3,(H,29,34). The summed E-state index contributed by atoms with van der Waals surface area (Å²) in [4.78, 5) is 64.4. The molecule has 36 heavy (non-hydrogen) atoms. The highest BCUT2D eigenvalue weighted by atomic mass is 16.5. The Kier molecular flexibility index (Phi) is 5.93. The predicted molar refractivity (Wildman–Crippen MR) is 131 cm³/mol. The first-order chi connectivity index (χ1) is 17.3. The molecule has 1 saturated heterocycles. The lowest BCUT2D eigenvalue weighted by molar-refractivity contribution is -0.123. The van der Waals surface area contributed by atoms with Crippen LogP contribution in [0.2, 0.25) is 0 Å². The summed E-state index contributed by atoms with van der Waals surface area (Å²) in [6, 6.07) is 17.6. The average molecular weight is 482 g/mol. The van der Waals surface area contributed by atoms with Crippen LogP contribution in [0, 0.1) is 0 Å². The van der Waals surface area contributed by atoms with Gasteiger partial charge in [0.15, 0.2) is 17.7 Å². The minimum Gasteiger partial charge on any atom is -0.449 e. The van der Waals surface area contributed by atoms with Crippen LogP contribution in [0.1, 0.15) is 62.0 Å². The fourth-order valence-corrected chi connectivity index (χ4v) is 4.40. The van der Waals surface area contributed by atoms with E-state index in [-0.39, 0.29) is 34.2 Å². The minimum absolute atomic E-state index is 0.0491. The summed E-state index contributed by atoms with van der Waals surface area (Å²) in [6.45, 7) is 2.09. The molecule has 1 aliphatic carbocycles. The van der Waals surface area contributed by atoms with Crippen molar-refractivity contribution < 1.29 is 28.7 Å². The molecule has 1 heterocycles. The van der Waals surface area contributed by atoms with Crippen molar-refractivity contribution in [3.8, 4) is 0 Å². The molecule has 3 aromatic carbocycles. The van der Waals surface area contributed by atoms with Crippen molar-refractivity contribution in [2.24, 2.45) is 0 Å². The normalized spacial score (nSPS) is 15.2. The zero-order valence-corrected chi connectivity index (χ0v) is 19.4. The second-order valence-electron chi connectivity index (χ2n) is 8.70. The van der Waals surface area contributed by atoms with Gasteiger partial charge in [0.1, 0.15) is 0 Å². The van der Waals surface area contributed by atoms with Crippen LogP contribution in [0.15, 0.2) is 66.7 Å². The van der Waals surface area contributed by atoms with Crippen molar-refractivity contribution >= 4 is 40.7 Å². The van der Waals surface area contributed by atoms with Gasteiger partial charge in [0.25, 0.3) is 5.91 Å². The number of nitrogens with one attached hydrogen (secondary N) is 1. The molecule has 2 amide bonds. The molecule has 0 saturated carbocycles. The smallest absolute Gasteiger partial charge is 0.338 e. The number of carbonyl (C=O) groups is 5. The van der Waals surface area contributed by atoms with E-state index >= 15 is 0 Å². The molecule has 0 aromatic heterocycles. The fraction of sp³-hybridized carbons (Fsp3) is 0.179. The Labute approximate surface area is 206 Å². The lowest BCUT2D eigenvalue weighted by Crippen LogP contribution is -2.30. The summed E-state index contributed by atoms with van der Waals surface area (Å²) >= 11 is 0. The van der Waals surface area contributed by atoms with Crippen molar-refractivity contribution in [3.63, 3.8) is 0 Å². The highest BCUT2D eigenvalue weighted by Crippen LogP contribution is 2.29. The van der Waals surface area contributed by atoms with Gasteiger partial charge in [-0.3, -0.25) is 19.2 Å². The Hall–Kier alpha value is -4.59. The van der Waals surface area contributed by atoms with E-state index in [0.29, 0.717) is 35.5 Å². The lowest BCUT2D eigenvalue weighted by Gasteiger charge is -2.19. The quantitative estimate of drug-likeness (QED) is 0.434. The van der Waals surface area contributed by atoms with Gasteiger partial charge >= 0.3 is 5.97 Å². The van der Waals surface area contributed by atoms with Gasteiger partial charge in [-0.1, -0.05) is 24.3 Å². The van der Waals surface area contributed by atoms with Crippen LogP contribution < -0.4 is 10.2 Å². The molecule has 5 rings (SSSR count). The van der Waals surface area contributed by atoms with Gasteiger partial charge in [-0.05, 0) is 55.8 Å². The molecule has 0 bridgehead atoms. The van der Waals surface area contributed by atoms with Crippen LogP contribution in [-0.4, -0.2) is 42.0 Å². The first-order valence-corrected chi connectivity index (χ1v) is 11.6. The van der Waals surface area contributed by atoms with E-state index in [1.54, 1.807) is 53.4 Å². The number of nitrogens with zero attached hydrogens (tertiary/aromatic N) is 1. The highest BCUT2D eigenvalue weighted by molar-refractivity contribution is 6.28. The molecule has 2 aliphatic rings. The van der Waals surface area contributed by atoms with Gasteiger partial charge in [0.05, 0.1) is 5.56 Å². The van der Waals surface area contributed by atoms with Crippen LogP contribution >= 0.6 is 0 Å². The maximum Gasteiger partial charge on any atom is 0.338 e. The first-order valence-electron chi connectivity index (χ1n) is 11.6. The number of benzene rings is 3. The van der Waals surface area contributed by atoms with Crippen molar-refractivity contribution in [1.29, 1.82) is 0 Å². The maximum absolute atomic E-state index is 12.9. The number of ether oxygens (including phenoxy) is 1. The van der Waals surface area contributed by atoms with Crippen LogP contribution in [0.25, 0.3) is 0 Å². The minimum atomic E-state index is -1.12. The third-order valence-electron chi connectivity index (χ3n) is 6.33. The summed E-state index contributed by atoms with van der Waals surface area (Å²) in [5, 5.41) is 2.64. The highest BCUT2D eigenvalue weighted by Gasteiger charge is 2.30. The van der Waals surface area contributed by atoms with E-state index in [9.17, 15) is 24.0 Å². The number of anilines is 2. The Morgan fingerprint density at radius 2 is 1.50 bits per heavy atom. The molecule has 8 heteroatoms. The Morgan fingerprint density at radius 3 is 2.14 bits per heavy atom. The van der Waals surface area contributed by atoms with Crippen molar-refractivity contribution in [2.75, 3.05) is 16.8 Å². The molecule has 0 spiro atoms. The van der Waals surface area contributed by atoms with E-state index in [1.165, 1.54) is 25.1 Å². The lowest BCUT2D eigenvalue weighted by atomic mass is 9.84. The number of hydrogen-bond donors (Lipinski definition) is 1. The summed E-state index contributed by atoms with van der Waals surface area (Å²) in [6.07, 6.45) is 0.196. The SMILES string of the molecule is CC(OC(=O)c1ccc(N2CCCC2=O)cc1)C(=O)Nc1ccc2c(c1)C(=O)c1ccccc1C2=O. The Balaban J connectivity index is 1.24. The van der Waals surface area contributed by atoms with Gasteiger partial charge in [0.2, 0.25) is 5.91 Å². The molecule has 3 aromatic rings. The molecular weight excluding hydrogens is 460 g/mol. The fourth-order valence-electron chi connectivity index (χ4n) is 4.40. The number of ketones is 2. The third kappa shape index (κ3) is 4.17. The molecule has 180 valence electrons. The molecule has 0 radical (unpaired) electrons. The summed E-state index contributed by atoms with van der Waals surface area (Å²) < 4.78 is 5.30. The number of rotatable bonds is 5. The summed E-state index contributed by atoms with van der Waals surface area (Å²) in [5.41, 5.74) is 2.42. The van der Waals surface area contributed by atoms with Crippen LogP contribution in [-0.2, 0) is 14.3 Å². The van der Waals surface area contributed by atoms with Crippen molar-refractivity contribution in [3.05, 3.63) is 94.5 Å². The van der Waals surface area contributed by atoms with E-state index in [2.05, 4.69) is 5.32 Å². The summed E-state index contributed by atoms with van der Waals surface area (Å²) in [7, 11) is 0. The van der Waals surface area contributed by atoms with Crippen molar-refractivity contribution in [2.45, 2.75) is 25.9 Å². The molecule has 1 aliphatic heterocycles. The van der Waals surface area contributed by atoms with Gasteiger partial charge in [0, 0.05) is 46.6 Å². The second kappa shape index (κ2) is 9.22. The Morgan fingerprint density at radius 1 is 0.861 bits per heavy atom. The topological polar surface area (TPSA) is 110 Å². The predicted octanol–water partition coefficient (Wildman–Crippen LogP) is 3.77. The maximum atomic E-state index is 12.9. The molecule has 1 unspecified atom stereocenters. The molecule has 1 N–H and O–H groups in total. The van der Waals surface area contributed by atoms with Crippen LogP contribution in [0.4, 0.5) is 11.4 Å². The van der Waals surface area contributed by atoms with E-state index in [4.69, 9.17) is 4.74 Å². The zero-order chi connectivity index (χ0) is 25.4. The summed E-state index contributed by atoms with van der Waals surface area (Å²) in [5.74, 6) is -1.76. The van der Waals surface area contributed by atoms with Gasteiger partial charge in [-0.25, -0.2) is 4.79 Å². The van der Waals surface area contributed by atoms with Crippen molar-refractivity contribution in [1.82, 2.24) is 0 Å². The monoisotopic (exact) mass is 482 g/mol. The number of carbonyl (C=O) groups excluding carboxylic acids is 5. The van der Waals surface area contributed by atoms with Gasteiger partial charge in [-0.2, -0.15) is 0 Å². The van der Waals surface area contributed by atoms with Gasteiger partial charge in [-0.15, -0.1) is 0 Å². The second-order valence-corrected chi connectivity index (χ2v) is 8.70. The number of esters is 1. The van der Waals surface area contributed by atoms with Gasteiger partial charge < -0.3 is 15.0 Å². The van der Waals surface area contributed by atoms with E-state index in [0.717, 1.165) is 6.42 Å².